The van der Waals surface area contributed by atoms with Crippen LogP contribution in [0.5, 0.6) is 0 Å². The third-order valence-electron chi connectivity index (χ3n) is 2.52. The van der Waals surface area contributed by atoms with Gasteiger partial charge in [-0.3, -0.25) is 4.98 Å². The standard InChI is InChI=1S/C13H14N2O3/c1-13(2,3)11-9(12(16)17)10(15-18-11)8-5-4-6-14-7-8/h4-7H,1-3H3,(H,16,17). The van der Waals surface area contributed by atoms with Crippen molar-refractivity contribution in [2.24, 2.45) is 0 Å². The lowest BCUT2D eigenvalue weighted by Crippen LogP contribution is -2.15. The Labute approximate surface area is 104 Å². The average molecular weight is 246 g/mol. The van der Waals surface area contributed by atoms with Gasteiger partial charge in [0.05, 0.1) is 0 Å². The highest BCUT2D eigenvalue weighted by molar-refractivity contribution is 5.96. The van der Waals surface area contributed by atoms with Gasteiger partial charge in [-0.1, -0.05) is 25.9 Å². The number of hydrogen-bond acceptors (Lipinski definition) is 4. The minimum Gasteiger partial charge on any atom is -0.477 e. The molecule has 2 heterocycles. The predicted molar refractivity (Wildman–Crippen MR) is 65.4 cm³/mol. The quantitative estimate of drug-likeness (QED) is 0.881. The fourth-order valence-electron chi connectivity index (χ4n) is 1.70. The molecule has 0 saturated carbocycles. The normalized spacial score (nSPS) is 11.5. The molecule has 2 rings (SSSR count). The van der Waals surface area contributed by atoms with Gasteiger partial charge in [0.25, 0.3) is 0 Å². The van der Waals surface area contributed by atoms with Crippen LogP contribution in [0, 0.1) is 0 Å². The molecule has 0 aromatic carbocycles. The molecule has 0 aliphatic carbocycles. The lowest BCUT2D eigenvalue weighted by molar-refractivity contribution is 0.0693. The summed E-state index contributed by atoms with van der Waals surface area (Å²) >= 11 is 0. The summed E-state index contributed by atoms with van der Waals surface area (Å²) in [5.41, 5.74) is 0.645. The zero-order chi connectivity index (χ0) is 13.3. The number of carboxylic acids is 1. The Bertz CT molecular complexity index is 568. The van der Waals surface area contributed by atoms with Gasteiger partial charge in [0.15, 0.2) is 5.76 Å². The van der Waals surface area contributed by atoms with Crippen molar-refractivity contribution in [3.63, 3.8) is 0 Å². The highest BCUT2D eigenvalue weighted by Gasteiger charge is 2.31. The second kappa shape index (κ2) is 4.25. The third-order valence-corrected chi connectivity index (χ3v) is 2.52. The van der Waals surface area contributed by atoms with Crippen molar-refractivity contribution >= 4 is 5.97 Å². The number of aromatic nitrogens is 2. The molecule has 94 valence electrons. The van der Waals surface area contributed by atoms with Crippen LogP contribution in [-0.4, -0.2) is 21.2 Å². The van der Waals surface area contributed by atoms with Gasteiger partial charge in [-0.2, -0.15) is 0 Å². The van der Waals surface area contributed by atoms with Gasteiger partial charge < -0.3 is 9.63 Å². The largest absolute Gasteiger partial charge is 0.477 e. The van der Waals surface area contributed by atoms with Crippen molar-refractivity contribution in [3.8, 4) is 11.3 Å². The van der Waals surface area contributed by atoms with E-state index in [0.29, 0.717) is 17.0 Å². The second-order valence-electron chi connectivity index (χ2n) is 5.03. The van der Waals surface area contributed by atoms with Crippen molar-refractivity contribution in [2.75, 3.05) is 0 Å². The Hall–Kier alpha value is -2.17. The zero-order valence-electron chi connectivity index (χ0n) is 10.5. The van der Waals surface area contributed by atoms with Crippen molar-refractivity contribution in [1.82, 2.24) is 10.1 Å². The molecule has 1 N–H and O–H groups in total. The van der Waals surface area contributed by atoms with Crippen molar-refractivity contribution in [2.45, 2.75) is 26.2 Å². The van der Waals surface area contributed by atoms with Crippen molar-refractivity contribution in [1.29, 1.82) is 0 Å². The van der Waals surface area contributed by atoms with Crippen LogP contribution in [0.25, 0.3) is 11.3 Å². The maximum Gasteiger partial charge on any atom is 0.341 e. The molecule has 0 unspecified atom stereocenters. The summed E-state index contributed by atoms with van der Waals surface area (Å²) in [6, 6.07) is 3.48. The summed E-state index contributed by atoms with van der Waals surface area (Å²) in [5.74, 6) is -0.672. The molecule has 2 aromatic rings. The van der Waals surface area contributed by atoms with Crippen LogP contribution in [0.2, 0.25) is 0 Å². The molecular formula is C13H14N2O3. The van der Waals surface area contributed by atoms with E-state index >= 15 is 0 Å². The van der Waals surface area contributed by atoms with Crippen LogP contribution < -0.4 is 0 Å². The first kappa shape index (κ1) is 12.3. The second-order valence-corrected chi connectivity index (χ2v) is 5.03. The lowest BCUT2D eigenvalue weighted by Gasteiger charge is -2.14. The molecule has 18 heavy (non-hydrogen) atoms. The van der Waals surface area contributed by atoms with Crippen LogP contribution in [0.1, 0.15) is 36.9 Å². The number of rotatable bonds is 2. The Morgan fingerprint density at radius 2 is 2.11 bits per heavy atom. The van der Waals surface area contributed by atoms with Gasteiger partial charge >= 0.3 is 5.97 Å². The Morgan fingerprint density at radius 1 is 1.39 bits per heavy atom. The third kappa shape index (κ3) is 2.11. The molecule has 2 aromatic heterocycles. The minimum absolute atomic E-state index is 0.107. The van der Waals surface area contributed by atoms with Crippen LogP contribution in [-0.2, 0) is 5.41 Å². The molecule has 0 saturated heterocycles. The van der Waals surface area contributed by atoms with Gasteiger partial charge in [0.2, 0.25) is 0 Å². The Morgan fingerprint density at radius 3 is 2.61 bits per heavy atom. The van der Waals surface area contributed by atoms with Crippen molar-refractivity contribution in [3.05, 3.63) is 35.9 Å². The van der Waals surface area contributed by atoms with Gasteiger partial charge in [-0.05, 0) is 12.1 Å². The SMILES string of the molecule is CC(C)(C)c1onc(-c2cccnc2)c1C(=O)O. The maximum atomic E-state index is 11.4. The zero-order valence-corrected chi connectivity index (χ0v) is 10.5. The summed E-state index contributed by atoms with van der Waals surface area (Å²) < 4.78 is 5.22. The van der Waals surface area contributed by atoms with Gasteiger partial charge in [0.1, 0.15) is 11.3 Å². The number of nitrogens with zero attached hydrogens (tertiary/aromatic N) is 2. The summed E-state index contributed by atoms with van der Waals surface area (Å²) in [6.45, 7) is 5.65. The Balaban J connectivity index is 2.64. The highest BCUT2D eigenvalue weighted by Crippen LogP contribution is 2.32. The van der Waals surface area contributed by atoms with Gasteiger partial charge in [-0.15, -0.1) is 0 Å². The molecule has 0 radical (unpaired) electrons. The van der Waals surface area contributed by atoms with E-state index in [1.807, 2.05) is 20.8 Å². The summed E-state index contributed by atoms with van der Waals surface area (Å²) in [6.07, 6.45) is 3.19. The van der Waals surface area contributed by atoms with Crippen LogP contribution in [0.3, 0.4) is 0 Å². The summed E-state index contributed by atoms with van der Waals surface area (Å²) in [4.78, 5) is 15.4. The number of pyridine rings is 1. The maximum absolute atomic E-state index is 11.4. The minimum atomic E-state index is -1.04. The molecule has 0 aliphatic rings. The van der Waals surface area contributed by atoms with E-state index in [9.17, 15) is 9.90 Å². The fraction of sp³-hybridized carbons (Fsp3) is 0.308. The monoisotopic (exact) mass is 246 g/mol. The molecular weight excluding hydrogens is 232 g/mol. The van der Waals surface area contributed by atoms with Gasteiger partial charge in [0, 0.05) is 23.4 Å². The van der Waals surface area contributed by atoms with E-state index < -0.39 is 11.4 Å². The van der Waals surface area contributed by atoms with E-state index in [4.69, 9.17) is 4.52 Å². The number of carboxylic acid groups (broad SMARTS) is 1. The van der Waals surface area contributed by atoms with E-state index in [1.165, 1.54) is 0 Å². The molecule has 0 amide bonds. The van der Waals surface area contributed by atoms with Crippen LogP contribution in [0.4, 0.5) is 0 Å². The Kier molecular flexibility index (Phi) is 2.90. The molecule has 0 fully saturated rings. The lowest BCUT2D eigenvalue weighted by atomic mass is 9.89. The van der Waals surface area contributed by atoms with Crippen LogP contribution in [0.15, 0.2) is 29.0 Å². The molecule has 0 atom stereocenters. The van der Waals surface area contributed by atoms with Gasteiger partial charge in [-0.25, -0.2) is 4.79 Å². The first-order valence-electron chi connectivity index (χ1n) is 5.55. The van der Waals surface area contributed by atoms with E-state index in [-0.39, 0.29) is 5.56 Å². The highest BCUT2D eigenvalue weighted by atomic mass is 16.5. The first-order valence-corrected chi connectivity index (χ1v) is 5.55. The van der Waals surface area contributed by atoms with E-state index in [1.54, 1.807) is 24.5 Å². The molecule has 5 heteroatoms. The van der Waals surface area contributed by atoms with Crippen molar-refractivity contribution < 1.29 is 14.4 Å². The molecule has 0 aliphatic heterocycles. The summed E-state index contributed by atoms with van der Waals surface area (Å²) in [7, 11) is 0. The topological polar surface area (TPSA) is 76.2 Å². The molecule has 5 nitrogen and oxygen atoms in total. The average Bonchev–Trinajstić information content (AvgIpc) is 2.74. The summed E-state index contributed by atoms with van der Waals surface area (Å²) in [5, 5.41) is 13.2. The molecule has 0 spiro atoms. The number of carbonyl (C=O) groups is 1. The number of aromatic carboxylic acids is 1. The fourth-order valence-corrected chi connectivity index (χ4v) is 1.70. The van der Waals surface area contributed by atoms with E-state index in [0.717, 1.165) is 0 Å². The smallest absolute Gasteiger partial charge is 0.341 e. The predicted octanol–water partition coefficient (Wildman–Crippen LogP) is 2.73. The number of hydrogen-bond donors (Lipinski definition) is 1. The van der Waals surface area contributed by atoms with E-state index in [2.05, 4.69) is 10.1 Å². The first-order chi connectivity index (χ1) is 8.41. The molecule has 0 bridgehead atoms. The van der Waals surface area contributed by atoms with Crippen LogP contribution >= 0.6 is 0 Å².